The molecule has 0 spiro atoms. The number of aromatic nitrogens is 1. The zero-order chi connectivity index (χ0) is 20.7. The summed E-state index contributed by atoms with van der Waals surface area (Å²) >= 11 is 0. The van der Waals surface area contributed by atoms with Crippen LogP contribution in [0.1, 0.15) is 23.2 Å². The van der Waals surface area contributed by atoms with Crippen molar-refractivity contribution < 1.29 is 13.2 Å². The van der Waals surface area contributed by atoms with E-state index in [0.29, 0.717) is 19.5 Å². The maximum absolute atomic E-state index is 12.2. The Morgan fingerprint density at radius 3 is 2.45 bits per heavy atom. The van der Waals surface area contributed by atoms with Crippen molar-refractivity contribution >= 4 is 26.8 Å². The molecule has 0 atom stereocenters. The molecule has 0 aliphatic rings. The number of nitrogens with one attached hydrogen (secondary N) is 3. The van der Waals surface area contributed by atoms with Crippen LogP contribution >= 0.6 is 0 Å². The number of hydrogen-bond donors (Lipinski definition) is 3. The Labute approximate surface area is 171 Å². The predicted molar refractivity (Wildman–Crippen MR) is 117 cm³/mol. The smallest absolute Gasteiger partial charge is 0.314 e. The molecular formula is C22H27N3O3S. The molecule has 0 saturated carbocycles. The maximum Gasteiger partial charge on any atom is 0.314 e. The number of benzene rings is 2. The van der Waals surface area contributed by atoms with Crippen molar-refractivity contribution in [3.63, 3.8) is 0 Å². The monoisotopic (exact) mass is 413 g/mol. The van der Waals surface area contributed by atoms with Gasteiger partial charge >= 0.3 is 6.03 Å². The molecule has 1 aromatic heterocycles. The second kappa shape index (κ2) is 9.60. The Bertz CT molecular complexity index is 1060. The summed E-state index contributed by atoms with van der Waals surface area (Å²) in [6.45, 7) is 2.87. The van der Waals surface area contributed by atoms with Crippen LogP contribution in [-0.2, 0) is 22.0 Å². The second-order valence-electron chi connectivity index (χ2n) is 7.14. The van der Waals surface area contributed by atoms with E-state index >= 15 is 0 Å². The Balaban J connectivity index is 1.36. The number of rotatable bonds is 9. The number of sulfone groups is 1. The lowest BCUT2D eigenvalue weighted by atomic mass is 10.1. The van der Waals surface area contributed by atoms with Gasteiger partial charge in [-0.15, -0.1) is 0 Å². The molecule has 3 N–H and O–H groups in total. The normalized spacial score (nSPS) is 11.5. The van der Waals surface area contributed by atoms with E-state index in [0.717, 1.165) is 23.2 Å². The number of fused-ring (bicyclic) bond motifs is 1. The summed E-state index contributed by atoms with van der Waals surface area (Å²) in [5, 5.41) is 6.74. The Morgan fingerprint density at radius 1 is 0.966 bits per heavy atom. The molecule has 2 amide bonds. The largest absolute Gasteiger partial charge is 0.358 e. The quantitative estimate of drug-likeness (QED) is 0.470. The van der Waals surface area contributed by atoms with Gasteiger partial charge in [-0.1, -0.05) is 48.5 Å². The maximum atomic E-state index is 12.2. The molecule has 0 unspecified atom stereocenters. The lowest BCUT2D eigenvalue weighted by molar-refractivity contribution is 0.241. The Morgan fingerprint density at radius 2 is 1.66 bits per heavy atom. The number of hydrogen-bond acceptors (Lipinski definition) is 3. The predicted octanol–water partition coefficient (Wildman–Crippen LogP) is 3.32. The first kappa shape index (κ1) is 20.9. The van der Waals surface area contributed by atoms with Gasteiger partial charge in [0, 0.05) is 29.7 Å². The molecule has 3 aromatic rings. The van der Waals surface area contributed by atoms with Crippen molar-refractivity contribution in [3.05, 3.63) is 71.4 Å². The number of carbonyl (C=O) groups excluding carboxylic acids is 1. The molecular weight excluding hydrogens is 386 g/mol. The summed E-state index contributed by atoms with van der Waals surface area (Å²) in [6.07, 6.45) is 1.12. The van der Waals surface area contributed by atoms with Gasteiger partial charge in [-0.05, 0) is 37.0 Å². The molecule has 2 aromatic carbocycles. The zero-order valence-corrected chi connectivity index (χ0v) is 17.4. The molecule has 6 nitrogen and oxygen atoms in total. The highest BCUT2D eigenvalue weighted by atomic mass is 32.2. The van der Waals surface area contributed by atoms with Crippen LogP contribution in [-0.4, -0.2) is 38.3 Å². The van der Waals surface area contributed by atoms with E-state index in [1.165, 1.54) is 10.9 Å². The molecule has 0 fully saturated rings. The lowest BCUT2D eigenvalue weighted by Crippen LogP contribution is -2.37. The van der Waals surface area contributed by atoms with Crippen molar-refractivity contribution in [2.75, 3.05) is 18.8 Å². The topological polar surface area (TPSA) is 91.1 Å². The highest BCUT2D eigenvalue weighted by molar-refractivity contribution is 7.90. The van der Waals surface area contributed by atoms with Gasteiger partial charge in [0.1, 0.15) is 0 Å². The van der Waals surface area contributed by atoms with E-state index in [9.17, 15) is 13.2 Å². The summed E-state index contributed by atoms with van der Waals surface area (Å²) in [6, 6.07) is 17.0. The molecule has 154 valence electrons. The molecule has 0 aliphatic heterocycles. The number of para-hydroxylation sites is 1. The fraction of sp³-hybridized carbons (Fsp3) is 0.318. The zero-order valence-electron chi connectivity index (χ0n) is 16.6. The van der Waals surface area contributed by atoms with Crippen molar-refractivity contribution in [2.24, 2.45) is 0 Å². The molecule has 0 aliphatic carbocycles. The van der Waals surface area contributed by atoms with Gasteiger partial charge in [0.05, 0.1) is 11.5 Å². The number of aryl methyl sites for hydroxylation is 1. The Kier molecular flexibility index (Phi) is 6.93. The van der Waals surface area contributed by atoms with Gasteiger partial charge in [-0.25, -0.2) is 13.2 Å². The standard InChI is InChI=1S/C22H27N3O3S/c1-17-19(20-10-5-6-11-21(20)25-17)12-14-24-22(26)23-13-7-15-29(27,28)16-18-8-3-2-4-9-18/h2-6,8-11,25H,7,12-16H2,1H3,(H2,23,24,26). The van der Waals surface area contributed by atoms with Crippen molar-refractivity contribution in [1.29, 1.82) is 0 Å². The first-order valence-electron chi connectivity index (χ1n) is 9.77. The third-order valence-corrected chi connectivity index (χ3v) is 6.52. The minimum Gasteiger partial charge on any atom is -0.358 e. The summed E-state index contributed by atoms with van der Waals surface area (Å²) in [7, 11) is -3.18. The van der Waals surface area contributed by atoms with E-state index in [1.54, 1.807) is 12.1 Å². The average Bonchev–Trinajstić information content (AvgIpc) is 3.01. The second-order valence-corrected chi connectivity index (χ2v) is 9.32. The molecule has 0 bridgehead atoms. The average molecular weight is 414 g/mol. The fourth-order valence-electron chi connectivity index (χ4n) is 3.41. The van der Waals surface area contributed by atoms with Crippen molar-refractivity contribution in [3.8, 4) is 0 Å². The first-order valence-corrected chi connectivity index (χ1v) is 11.6. The summed E-state index contributed by atoms with van der Waals surface area (Å²) in [5.74, 6) is 0.0840. The third-order valence-electron chi connectivity index (χ3n) is 4.83. The summed E-state index contributed by atoms with van der Waals surface area (Å²) in [4.78, 5) is 15.3. The minimum atomic E-state index is -3.18. The van der Waals surface area contributed by atoms with Crippen LogP contribution in [0.3, 0.4) is 0 Å². The molecule has 3 rings (SSSR count). The van der Waals surface area contributed by atoms with Crippen molar-refractivity contribution in [2.45, 2.75) is 25.5 Å². The molecule has 0 radical (unpaired) electrons. The number of urea groups is 1. The van der Waals surface area contributed by atoms with Crippen molar-refractivity contribution in [1.82, 2.24) is 15.6 Å². The summed E-state index contributed by atoms with van der Waals surface area (Å²) < 4.78 is 24.3. The van der Waals surface area contributed by atoms with Gasteiger partial charge < -0.3 is 15.6 Å². The summed E-state index contributed by atoms with van der Waals surface area (Å²) in [5.41, 5.74) is 4.19. The van der Waals surface area contributed by atoms with Crippen LogP contribution in [0.2, 0.25) is 0 Å². The van der Waals surface area contributed by atoms with Gasteiger partial charge in [-0.2, -0.15) is 0 Å². The van der Waals surface area contributed by atoms with Crippen LogP contribution in [0, 0.1) is 6.92 Å². The Hall–Kier alpha value is -2.80. The molecule has 29 heavy (non-hydrogen) atoms. The van der Waals surface area contributed by atoms with Gasteiger partial charge in [0.25, 0.3) is 0 Å². The van der Waals surface area contributed by atoms with Crippen LogP contribution < -0.4 is 10.6 Å². The lowest BCUT2D eigenvalue weighted by Gasteiger charge is -2.08. The molecule has 7 heteroatoms. The number of carbonyl (C=O) groups is 1. The molecule has 0 saturated heterocycles. The number of amides is 2. The van der Waals surface area contributed by atoms with E-state index in [1.807, 2.05) is 43.3 Å². The van der Waals surface area contributed by atoms with Crippen LogP contribution in [0.4, 0.5) is 4.79 Å². The van der Waals surface area contributed by atoms with Gasteiger partial charge in [0.2, 0.25) is 0 Å². The number of aromatic amines is 1. The highest BCUT2D eigenvalue weighted by Crippen LogP contribution is 2.21. The van der Waals surface area contributed by atoms with Crippen LogP contribution in [0.15, 0.2) is 54.6 Å². The SMILES string of the molecule is Cc1[nH]c2ccccc2c1CCNC(=O)NCCCS(=O)(=O)Cc1ccccc1. The van der Waals surface area contributed by atoms with E-state index in [2.05, 4.69) is 21.7 Å². The van der Waals surface area contributed by atoms with Crippen LogP contribution in [0.25, 0.3) is 10.9 Å². The van der Waals surface area contributed by atoms with E-state index < -0.39 is 9.84 Å². The minimum absolute atomic E-state index is 0.0318. The number of H-pyrrole nitrogens is 1. The molecule has 1 heterocycles. The third kappa shape index (κ3) is 6.09. The van der Waals surface area contributed by atoms with E-state index in [-0.39, 0.29) is 17.5 Å². The first-order chi connectivity index (χ1) is 13.9. The highest BCUT2D eigenvalue weighted by Gasteiger charge is 2.12. The van der Waals surface area contributed by atoms with Crippen LogP contribution in [0.5, 0.6) is 0 Å². The van der Waals surface area contributed by atoms with Gasteiger partial charge in [0.15, 0.2) is 9.84 Å². The van der Waals surface area contributed by atoms with Gasteiger partial charge in [-0.3, -0.25) is 0 Å². The van der Waals surface area contributed by atoms with E-state index in [4.69, 9.17) is 0 Å². The fourth-order valence-corrected chi connectivity index (χ4v) is 4.84.